The third-order valence-corrected chi connectivity index (χ3v) is 4.23. The van der Waals surface area contributed by atoms with E-state index in [9.17, 15) is 0 Å². The zero-order valence-corrected chi connectivity index (χ0v) is 14.3. The predicted octanol–water partition coefficient (Wildman–Crippen LogP) is 4.42. The van der Waals surface area contributed by atoms with Crippen molar-refractivity contribution in [3.05, 3.63) is 23.5 Å². The molecule has 0 aliphatic carbocycles. The average Bonchev–Trinajstić information content (AvgIpc) is 2.86. The number of pyridine rings is 1. The molecule has 0 aromatic carbocycles. The number of nitrogens with zero attached hydrogens (tertiary/aromatic N) is 3. The van der Waals surface area contributed by atoms with Gasteiger partial charge in [0.2, 0.25) is 5.13 Å². The molecule has 0 unspecified atom stereocenters. The average molecular weight is 304 g/mol. The minimum Gasteiger partial charge on any atom is -0.360 e. The zero-order chi connectivity index (χ0) is 15.5. The molecular formula is C16H24N4S. The quantitative estimate of drug-likeness (QED) is 0.831. The molecule has 0 radical (unpaired) electrons. The van der Waals surface area contributed by atoms with Crippen LogP contribution in [0.3, 0.4) is 0 Å². The van der Waals surface area contributed by atoms with Crippen LogP contribution in [0.25, 0.3) is 10.6 Å². The molecule has 0 aliphatic rings. The maximum atomic E-state index is 4.72. The van der Waals surface area contributed by atoms with Crippen LogP contribution in [0.1, 0.15) is 51.9 Å². The Hall–Kier alpha value is -1.49. The molecule has 0 fully saturated rings. The highest BCUT2D eigenvalue weighted by Crippen LogP contribution is 2.30. The van der Waals surface area contributed by atoms with Gasteiger partial charge in [-0.05, 0) is 25.5 Å². The molecule has 0 spiro atoms. The van der Waals surface area contributed by atoms with Crippen molar-refractivity contribution in [3.63, 3.8) is 0 Å². The Balaban J connectivity index is 2.19. The van der Waals surface area contributed by atoms with Gasteiger partial charge in [-0.3, -0.25) is 4.98 Å². The van der Waals surface area contributed by atoms with Gasteiger partial charge in [-0.1, -0.05) is 45.5 Å². The Labute approximate surface area is 131 Å². The lowest BCUT2D eigenvalue weighted by molar-refractivity contribution is 0.567. The minimum atomic E-state index is 0.0668. The van der Waals surface area contributed by atoms with Gasteiger partial charge in [-0.15, -0.1) is 10.2 Å². The normalized spacial score (nSPS) is 11.7. The summed E-state index contributed by atoms with van der Waals surface area (Å²) in [5.74, 6) is 0. The summed E-state index contributed by atoms with van der Waals surface area (Å²) in [5, 5.41) is 13.6. The molecule has 2 heterocycles. The number of hydrogen-bond donors (Lipinski definition) is 1. The smallest absolute Gasteiger partial charge is 0.206 e. The summed E-state index contributed by atoms with van der Waals surface area (Å²) in [4.78, 5) is 4.72. The van der Waals surface area contributed by atoms with Crippen molar-refractivity contribution in [2.45, 2.75) is 52.9 Å². The first-order valence-corrected chi connectivity index (χ1v) is 8.29. The predicted molar refractivity (Wildman–Crippen MR) is 90.0 cm³/mol. The molecule has 0 aliphatic heterocycles. The van der Waals surface area contributed by atoms with Crippen LogP contribution in [-0.4, -0.2) is 21.7 Å². The van der Waals surface area contributed by atoms with Crippen LogP contribution in [0.4, 0.5) is 5.13 Å². The van der Waals surface area contributed by atoms with Crippen molar-refractivity contribution < 1.29 is 0 Å². The van der Waals surface area contributed by atoms with Gasteiger partial charge in [0.05, 0.1) is 0 Å². The second-order valence-corrected chi connectivity index (χ2v) is 7.25. The number of nitrogens with one attached hydrogen (secondary N) is 1. The van der Waals surface area contributed by atoms with Crippen molar-refractivity contribution in [2.75, 3.05) is 11.9 Å². The highest BCUT2D eigenvalue weighted by Gasteiger charge is 2.17. The summed E-state index contributed by atoms with van der Waals surface area (Å²) < 4.78 is 0. The molecular weight excluding hydrogens is 280 g/mol. The first kappa shape index (κ1) is 15.9. The number of unbranched alkanes of at least 4 members (excludes halogenated alkanes) is 1. The van der Waals surface area contributed by atoms with Crippen LogP contribution in [-0.2, 0) is 5.41 Å². The van der Waals surface area contributed by atoms with Gasteiger partial charge >= 0.3 is 0 Å². The molecule has 4 nitrogen and oxygen atoms in total. The van der Waals surface area contributed by atoms with Crippen LogP contribution in [0.2, 0.25) is 0 Å². The molecule has 2 aromatic heterocycles. The molecule has 0 bridgehead atoms. The first-order valence-electron chi connectivity index (χ1n) is 7.47. The van der Waals surface area contributed by atoms with Crippen LogP contribution in [0.5, 0.6) is 0 Å². The number of aromatic nitrogens is 3. The van der Waals surface area contributed by atoms with Gasteiger partial charge in [0.15, 0.2) is 5.01 Å². The van der Waals surface area contributed by atoms with Crippen molar-refractivity contribution in [1.82, 2.24) is 15.2 Å². The third-order valence-electron chi connectivity index (χ3n) is 3.32. The summed E-state index contributed by atoms with van der Waals surface area (Å²) in [6.07, 6.45) is 2.33. The maximum absolute atomic E-state index is 4.72. The van der Waals surface area contributed by atoms with Gasteiger partial charge in [0.1, 0.15) is 0 Å². The molecule has 1 N–H and O–H groups in total. The van der Waals surface area contributed by atoms with Crippen molar-refractivity contribution in [2.24, 2.45) is 0 Å². The second kappa shape index (κ2) is 6.52. The van der Waals surface area contributed by atoms with Crippen molar-refractivity contribution >= 4 is 16.5 Å². The van der Waals surface area contributed by atoms with E-state index in [0.29, 0.717) is 0 Å². The second-order valence-electron chi connectivity index (χ2n) is 6.27. The standard InChI is InChI=1S/C16H24N4S/c1-6-7-10-17-15-20-19-14(21-15)12-8-9-13(16(3,4)5)18-11(12)2/h8-9H,6-7,10H2,1-5H3,(H,17,20). The topological polar surface area (TPSA) is 50.7 Å². The fourth-order valence-corrected chi connectivity index (χ4v) is 2.83. The van der Waals surface area contributed by atoms with Crippen LogP contribution in [0, 0.1) is 6.92 Å². The highest BCUT2D eigenvalue weighted by atomic mass is 32.1. The SMILES string of the molecule is CCCCNc1nnc(-c2ccc(C(C)(C)C)nc2C)s1. The fraction of sp³-hybridized carbons (Fsp3) is 0.562. The van der Waals surface area contributed by atoms with E-state index in [4.69, 9.17) is 4.98 Å². The van der Waals surface area contributed by atoms with E-state index in [1.165, 1.54) is 6.42 Å². The summed E-state index contributed by atoms with van der Waals surface area (Å²) in [6.45, 7) is 11.7. The summed E-state index contributed by atoms with van der Waals surface area (Å²) in [7, 11) is 0. The molecule has 0 atom stereocenters. The van der Waals surface area contributed by atoms with Gasteiger partial charge in [-0.2, -0.15) is 0 Å². The van der Waals surface area contributed by atoms with Crippen LogP contribution >= 0.6 is 11.3 Å². The fourth-order valence-electron chi connectivity index (χ4n) is 1.98. The lowest BCUT2D eigenvalue weighted by atomic mass is 9.91. The van der Waals surface area contributed by atoms with E-state index >= 15 is 0 Å². The lowest BCUT2D eigenvalue weighted by Crippen LogP contribution is -2.14. The van der Waals surface area contributed by atoms with Gasteiger partial charge in [0.25, 0.3) is 0 Å². The van der Waals surface area contributed by atoms with E-state index in [-0.39, 0.29) is 5.41 Å². The number of aryl methyl sites for hydroxylation is 1. The van der Waals surface area contributed by atoms with Crippen LogP contribution in [0.15, 0.2) is 12.1 Å². The summed E-state index contributed by atoms with van der Waals surface area (Å²) >= 11 is 1.59. The Morgan fingerprint density at radius 2 is 1.95 bits per heavy atom. The van der Waals surface area contributed by atoms with Gasteiger partial charge in [0, 0.05) is 28.9 Å². The highest BCUT2D eigenvalue weighted by molar-refractivity contribution is 7.18. The van der Waals surface area contributed by atoms with Gasteiger partial charge < -0.3 is 5.32 Å². The third kappa shape index (κ3) is 4.00. The molecule has 0 amide bonds. The summed E-state index contributed by atoms with van der Waals surface area (Å²) in [5.41, 5.74) is 3.26. The number of hydrogen-bond acceptors (Lipinski definition) is 5. The van der Waals surface area contributed by atoms with E-state index in [1.54, 1.807) is 11.3 Å². The van der Waals surface area contributed by atoms with E-state index in [2.05, 4.69) is 55.3 Å². The maximum Gasteiger partial charge on any atom is 0.206 e. The molecule has 2 aromatic rings. The largest absolute Gasteiger partial charge is 0.360 e. The first-order chi connectivity index (χ1) is 9.91. The van der Waals surface area contributed by atoms with Crippen molar-refractivity contribution in [3.8, 4) is 10.6 Å². The Bertz CT molecular complexity index is 599. The van der Waals surface area contributed by atoms with E-state index in [1.807, 2.05) is 6.92 Å². The number of rotatable bonds is 5. The van der Waals surface area contributed by atoms with Gasteiger partial charge in [-0.25, -0.2) is 0 Å². The molecule has 0 saturated heterocycles. The monoisotopic (exact) mass is 304 g/mol. The molecule has 5 heteroatoms. The molecule has 114 valence electrons. The molecule has 2 rings (SSSR count). The Morgan fingerprint density at radius 1 is 1.19 bits per heavy atom. The van der Waals surface area contributed by atoms with E-state index in [0.717, 1.165) is 40.1 Å². The van der Waals surface area contributed by atoms with E-state index < -0.39 is 0 Å². The van der Waals surface area contributed by atoms with Crippen molar-refractivity contribution in [1.29, 1.82) is 0 Å². The Kier molecular flexibility index (Phi) is 4.93. The Morgan fingerprint density at radius 3 is 2.57 bits per heavy atom. The molecule has 21 heavy (non-hydrogen) atoms. The minimum absolute atomic E-state index is 0.0668. The lowest BCUT2D eigenvalue weighted by Gasteiger charge is -2.18. The zero-order valence-electron chi connectivity index (χ0n) is 13.5. The van der Waals surface area contributed by atoms with Crippen LogP contribution < -0.4 is 5.32 Å². The summed E-state index contributed by atoms with van der Waals surface area (Å²) in [6, 6.07) is 4.20. The number of anilines is 1. The molecule has 0 saturated carbocycles.